The molecule has 1 heterocycles. The number of nitrogens with zero attached hydrogens (tertiary/aromatic N) is 2. The average molecular weight is 367 g/mol. The second-order valence-electron chi connectivity index (χ2n) is 6.68. The van der Waals surface area contributed by atoms with Gasteiger partial charge in [0.1, 0.15) is 0 Å². The van der Waals surface area contributed by atoms with Crippen LogP contribution in [0.3, 0.4) is 0 Å². The molecule has 0 aromatic heterocycles. The Kier molecular flexibility index (Phi) is 5.23. The third-order valence-electron chi connectivity index (χ3n) is 4.44. The molecule has 0 bridgehead atoms. The van der Waals surface area contributed by atoms with Gasteiger partial charge in [0.25, 0.3) is 11.8 Å². The monoisotopic (exact) mass is 367 g/mol. The van der Waals surface area contributed by atoms with Crippen molar-refractivity contribution in [3.8, 4) is 0 Å². The number of hydrogen-bond donors (Lipinski definition) is 2. The molecule has 27 heavy (non-hydrogen) atoms. The number of rotatable bonds is 7. The molecule has 7 heteroatoms. The first kappa shape index (κ1) is 18.6. The van der Waals surface area contributed by atoms with E-state index in [-0.39, 0.29) is 17.4 Å². The number of imide groups is 1. The number of likely N-dealkylation sites (N-methyl/N-ethyl adjacent to an activating group) is 1. The number of carbonyl (C=O) groups excluding carboxylic acids is 2. The topological polar surface area (TPSA) is 89.9 Å². The fraction of sp³-hybridized carbons (Fsp3) is 0.250. The van der Waals surface area contributed by atoms with Gasteiger partial charge < -0.3 is 15.3 Å². The van der Waals surface area contributed by atoms with Gasteiger partial charge in [-0.3, -0.25) is 14.5 Å². The van der Waals surface area contributed by atoms with E-state index in [2.05, 4.69) is 5.32 Å². The molecular formula is C20H21N3O4. The second kappa shape index (κ2) is 7.59. The molecule has 1 aliphatic rings. The first-order chi connectivity index (χ1) is 12.9. The molecule has 2 aromatic rings. The Morgan fingerprint density at radius 1 is 1.04 bits per heavy atom. The zero-order valence-corrected chi connectivity index (χ0v) is 15.2. The minimum atomic E-state index is -0.963. The molecule has 0 saturated carbocycles. The van der Waals surface area contributed by atoms with Crippen molar-refractivity contribution >= 4 is 23.5 Å². The minimum Gasteiger partial charge on any atom is -0.478 e. The van der Waals surface area contributed by atoms with Gasteiger partial charge in [-0.05, 0) is 50.0 Å². The van der Waals surface area contributed by atoms with Gasteiger partial charge in [0.15, 0.2) is 0 Å². The van der Waals surface area contributed by atoms with E-state index in [0.717, 1.165) is 11.3 Å². The molecule has 2 aromatic carbocycles. The predicted octanol–water partition coefficient (Wildman–Crippen LogP) is 2.15. The highest BCUT2D eigenvalue weighted by molar-refractivity contribution is 6.21. The van der Waals surface area contributed by atoms with Crippen molar-refractivity contribution in [3.63, 3.8) is 0 Å². The number of fused-ring (bicyclic) bond motifs is 1. The molecule has 0 unspecified atom stereocenters. The molecule has 0 saturated heterocycles. The van der Waals surface area contributed by atoms with Crippen LogP contribution in [-0.4, -0.2) is 59.9 Å². The van der Waals surface area contributed by atoms with Crippen molar-refractivity contribution in [2.45, 2.75) is 6.54 Å². The quantitative estimate of drug-likeness (QED) is 0.729. The molecule has 1 aliphatic heterocycles. The van der Waals surface area contributed by atoms with Crippen molar-refractivity contribution in [2.75, 3.05) is 32.5 Å². The van der Waals surface area contributed by atoms with Crippen molar-refractivity contribution in [3.05, 3.63) is 64.7 Å². The summed E-state index contributed by atoms with van der Waals surface area (Å²) in [6.45, 7) is 1.45. The lowest BCUT2D eigenvalue weighted by molar-refractivity contribution is 0.0642. The summed E-state index contributed by atoms with van der Waals surface area (Å²) in [6.07, 6.45) is 0. The van der Waals surface area contributed by atoms with Crippen LogP contribution in [0.1, 0.15) is 36.6 Å². The number of nitrogens with one attached hydrogen (secondary N) is 1. The third-order valence-corrected chi connectivity index (χ3v) is 4.44. The van der Waals surface area contributed by atoms with Crippen molar-refractivity contribution in [1.29, 1.82) is 0 Å². The van der Waals surface area contributed by atoms with E-state index in [9.17, 15) is 14.4 Å². The lowest BCUT2D eigenvalue weighted by Crippen LogP contribution is -2.35. The molecule has 3 rings (SSSR count). The van der Waals surface area contributed by atoms with Crippen LogP contribution < -0.4 is 5.32 Å². The fourth-order valence-electron chi connectivity index (χ4n) is 2.87. The number of anilines is 1. The molecule has 2 N–H and O–H groups in total. The van der Waals surface area contributed by atoms with E-state index in [1.54, 1.807) is 42.5 Å². The van der Waals surface area contributed by atoms with Gasteiger partial charge >= 0.3 is 5.97 Å². The number of hydrogen-bond acceptors (Lipinski definition) is 5. The molecule has 0 atom stereocenters. The Bertz CT molecular complexity index is 891. The molecule has 0 spiro atoms. The summed E-state index contributed by atoms with van der Waals surface area (Å²) >= 11 is 0. The lowest BCUT2D eigenvalue weighted by atomic mass is 10.1. The summed E-state index contributed by atoms with van der Waals surface area (Å²) in [5, 5.41) is 12.1. The first-order valence-electron chi connectivity index (χ1n) is 8.58. The summed E-state index contributed by atoms with van der Waals surface area (Å²) in [5.74, 6) is -1.49. The summed E-state index contributed by atoms with van der Waals surface area (Å²) in [7, 11) is 3.78. The summed E-state index contributed by atoms with van der Waals surface area (Å²) in [6, 6.07) is 11.7. The first-order valence-corrected chi connectivity index (χ1v) is 8.58. The summed E-state index contributed by atoms with van der Waals surface area (Å²) in [5.41, 5.74) is 2.71. The largest absolute Gasteiger partial charge is 0.478 e. The Hall–Kier alpha value is -3.19. The van der Waals surface area contributed by atoms with Gasteiger partial charge in [-0.25, -0.2) is 4.79 Å². The molecule has 140 valence electrons. The lowest BCUT2D eigenvalue weighted by Gasteiger charge is -2.16. The third kappa shape index (κ3) is 3.98. The number of carboxylic acid groups (broad SMARTS) is 1. The number of aromatic carboxylic acids is 1. The molecular weight excluding hydrogens is 346 g/mol. The Morgan fingerprint density at radius 3 is 2.33 bits per heavy atom. The Balaban J connectivity index is 1.69. The average Bonchev–Trinajstić information content (AvgIpc) is 2.88. The van der Waals surface area contributed by atoms with E-state index in [1.807, 2.05) is 19.0 Å². The standard InChI is InChI=1S/C20H21N3O4/c1-22(2)9-10-23-18(24)16-8-7-15(11-17(16)19(23)25)21-12-13-3-5-14(6-4-13)20(26)27/h3-8,11,21H,9-10,12H2,1-2H3,(H,26,27). The number of benzene rings is 2. The summed E-state index contributed by atoms with van der Waals surface area (Å²) < 4.78 is 0. The maximum absolute atomic E-state index is 12.6. The minimum absolute atomic E-state index is 0.234. The number of amides is 2. The smallest absolute Gasteiger partial charge is 0.335 e. The highest BCUT2D eigenvalue weighted by atomic mass is 16.4. The van der Waals surface area contributed by atoms with Crippen LogP contribution in [0.4, 0.5) is 5.69 Å². The SMILES string of the molecule is CN(C)CCN1C(=O)c2ccc(NCc3ccc(C(=O)O)cc3)cc2C1=O. The molecule has 0 radical (unpaired) electrons. The van der Waals surface area contributed by atoms with Crippen LogP contribution in [-0.2, 0) is 6.54 Å². The van der Waals surface area contributed by atoms with E-state index in [4.69, 9.17) is 5.11 Å². The van der Waals surface area contributed by atoms with Crippen molar-refractivity contribution < 1.29 is 19.5 Å². The van der Waals surface area contributed by atoms with E-state index < -0.39 is 5.97 Å². The zero-order valence-electron chi connectivity index (χ0n) is 15.2. The van der Waals surface area contributed by atoms with E-state index in [0.29, 0.717) is 30.8 Å². The normalized spacial score (nSPS) is 13.2. The van der Waals surface area contributed by atoms with Gasteiger partial charge in [0.2, 0.25) is 0 Å². The number of carboxylic acids is 1. The van der Waals surface area contributed by atoms with Crippen LogP contribution in [0.15, 0.2) is 42.5 Å². The van der Waals surface area contributed by atoms with Gasteiger partial charge in [0.05, 0.1) is 16.7 Å². The highest BCUT2D eigenvalue weighted by Gasteiger charge is 2.35. The van der Waals surface area contributed by atoms with Gasteiger partial charge in [0, 0.05) is 25.3 Å². The molecule has 0 fully saturated rings. The van der Waals surface area contributed by atoms with Crippen LogP contribution in [0, 0.1) is 0 Å². The second-order valence-corrected chi connectivity index (χ2v) is 6.68. The summed E-state index contributed by atoms with van der Waals surface area (Å²) in [4.78, 5) is 39.1. The number of carbonyl (C=O) groups is 3. The van der Waals surface area contributed by atoms with Crippen molar-refractivity contribution in [2.24, 2.45) is 0 Å². The maximum Gasteiger partial charge on any atom is 0.335 e. The Morgan fingerprint density at radius 2 is 1.70 bits per heavy atom. The van der Waals surface area contributed by atoms with E-state index >= 15 is 0 Å². The van der Waals surface area contributed by atoms with Crippen LogP contribution in [0.2, 0.25) is 0 Å². The van der Waals surface area contributed by atoms with Gasteiger partial charge in [-0.15, -0.1) is 0 Å². The predicted molar refractivity (Wildman–Crippen MR) is 101 cm³/mol. The van der Waals surface area contributed by atoms with Gasteiger partial charge in [-0.1, -0.05) is 12.1 Å². The van der Waals surface area contributed by atoms with Crippen LogP contribution >= 0.6 is 0 Å². The highest BCUT2D eigenvalue weighted by Crippen LogP contribution is 2.26. The van der Waals surface area contributed by atoms with Crippen molar-refractivity contribution in [1.82, 2.24) is 9.80 Å². The molecule has 2 amide bonds. The van der Waals surface area contributed by atoms with Gasteiger partial charge in [-0.2, -0.15) is 0 Å². The fourth-order valence-corrected chi connectivity index (χ4v) is 2.87. The Labute approximate surface area is 157 Å². The van der Waals surface area contributed by atoms with Crippen LogP contribution in [0.5, 0.6) is 0 Å². The maximum atomic E-state index is 12.6. The van der Waals surface area contributed by atoms with Crippen LogP contribution in [0.25, 0.3) is 0 Å². The van der Waals surface area contributed by atoms with E-state index in [1.165, 1.54) is 4.90 Å². The zero-order chi connectivity index (χ0) is 19.6. The molecule has 0 aliphatic carbocycles. The molecule has 7 nitrogen and oxygen atoms in total.